The van der Waals surface area contributed by atoms with E-state index in [2.05, 4.69) is 10.3 Å². The number of hydrogen-bond acceptors (Lipinski definition) is 5. The van der Waals surface area contributed by atoms with E-state index in [0.29, 0.717) is 11.6 Å². The molecule has 31 heavy (non-hydrogen) atoms. The number of aromatic nitrogens is 1. The number of carbonyl (C=O) groups excluding carboxylic acids is 1. The molecule has 2 saturated heterocycles. The van der Waals surface area contributed by atoms with Gasteiger partial charge < -0.3 is 15.2 Å². The number of alkyl halides is 3. The van der Waals surface area contributed by atoms with Crippen molar-refractivity contribution in [3.8, 4) is 6.07 Å². The Balaban J connectivity index is 1.67. The van der Waals surface area contributed by atoms with Crippen LogP contribution in [0.4, 0.5) is 23.2 Å². The molecular formula is C21H17F4N3O3. The number of carbonyl (C=O) groups is 1. The molecule has 1 aromatic heterocycles. The number of benzene rings is 1. The first kappa shape index (κ1) is 21.2. The number of aliphatic hydroxyl groups is 1. The normalized spacial score (nSPS) is 27.2. The van der Waals surface area contributed by atoms with Gasteiger partial charge in [0.15, 0.2) is 0 Å². The Morgan fingerprint density at radius 3 is 2.71 bits per heavy atom. The largest absolute Gasteiger partial charge is 0.416 e. The van der Waals surface area contributed by atoms with Crippen LogP contribution in [0.1, 0.15) is 29.5 Å². The van der Waals surface area contributed by atoms with E-state index in [1.165, 1.54) is 12.3 Å². The first-order valence-electron chi connectivity index (χ1n) is 9.48. The minimum Gasteiger partial charge on any atom is -0.390 e. The molecule has 1 amide bonds. The van der Waals surface area contributed by atoms with Gasteiger partial charge in [0.1, 0.15) is 0 Å². The molecule has 4 rings (SSSR count). The summed E-state index contributed by atoms with van der Waals surface area (Å²) in [6.45, 7) is 0. The second kappa shape index (κ2) is 7.59. The summed E-state index contributed by atoms with van der Waals surface area (Å²) < 4.78 is 58.8. The van der Waals surface area contributed by atoms with Gasteiger partial charge in [0.05, 0.1) is 40.9 Å². The molecule has 2 aliphatic heterocycles. The SMILES string of the molecule is N#Cc1cc(NC(=O)[C@@]2(Cc3ccnc(F)c3)C[C@H]3O[C@@H]2C[C@@H]3O)cc(C(F)(F)F)c1. The average Bonchev–Trinajstić information content (AvgIpc) is 3.24. The van der Waals surface area contributed by atoms with E-state index in [4.69, 9.17) is 10.00 Å². The molecule has 0 aliphatic carbocycles. The van der Waals surface area contributed by atoms with Gasteiger partial charge in [-0.15, -0.1) is 0 Å². The summed E-state index contributed by atoms with van der Waals surface area (Å²) in [5.74, 6) is -1.35. The highest BCUT2D eigenvalue weighted by Crippen LogP contribution is 2.50. The van der Waals surface area contributed by atoms with Gasteiger partial charge in [-0.1, -0.05) is 0 Å². The smallest absolute Gasteiger partial charge is 0.390 e. The number of nitriles is 1. The lowest BCUT2D eigenvalue weighted by Crippen LogP contribution is -2.48. The van der Waals surface area contributed by atoms with Crippen molar-refractivity contribution in [3.05, 3.63) is 59.2 Å². The van der Waals surface area contributed by atoms with E-state index < -0.39 is 47.3 Å². The molecule has 0 radical (unpaired) electrons. The summed E-state index contributed by atoms with van der Waals surface area (Å²) in [5, 5.41) is 21.6. The molecule has 0 saturated carbocycles. The number of amides is 1. The van der Waals surface area contributed by atoms with Crippen molar-refractivity contribution in [2.24, 2.45) is 5.41 Å². The van der Waals surface area contributed by atoms with Gasteiger partial charge in [0, 0.05) is 18.3 Å². The lowest BCUT2D eigenvalue weighted by Gasteiger charge is -2.35. The van der Waals surface area contributed by atoms with Gasteiger partial charge >= 0.3 is 6.18 Å². The van der Waals surface area contributed by atoms with Gasteiger partial charge in [0.2, 0.25) is 11.9 Å². The Morgan fingerprint density at radius 2 is 2.13 bits per heavy atom. The third-order valence-electron chi connectivity index (χ3n) is 5.82. The van der Waals surface area contributed by atoms with E-state index in [-0.39, 0.29) is 30.5 Å². The molecule has 2 bridgehead atoms. The first-order chi connectivity index (χ1) is 14.6. The van der Waals surface area contributed by atoms with Crippen LogP contribution in [0.25, 0.3) is 0 Å². The fraction of sp³-hybridized carbons (Fsp3) is 0.381. The van der Waals surface area contributed by atoms with Crippen molar-refractivity contribution in [2.45, 2.75) is 43.8 Å². The molecule has 0 spiro atoms. The minimum atomic E-state index is -4.70. The monoisotopic (exact) mass is 435 g/mol. The number of halogens is 4. The third kappa shape index (κ3) is 3.98. The number of hydrogen-bond donors (Lipinski definition) is 2. The van der Waals surface area contributed by atoms with Crippen molar-refractivity contribution in [2.75, 3.05) is 5.32 Å². The van der Waals surface area contributed by atoms with Crippen molar-refractivity contribution in [3.63, 3.8) is 0 Å². The summed E-state index contributed by atoms with van der Waals surface area (Å²) >= 11 is 0. The van der Waals surface area contributed by atoms with Crippen molar-refractivity contribution in [1.29, 1.82) is 5.26 Å². The van der Waals surface area contributed by atoms with E-state index in [0.717, 1.165) is 12.1 Å². The summed E-state index contributed by atoms with van der Waals surface area (Å²) in [4.78, 5) is 16.8. The van der Waals surface area contributed by atoms with Crippen LogP contribution in [0, 0.1) is 22.7 Å². The Morgan fingerprint density at radius 1 is 1.35 bits per heavy atom. The van der Waals surface area contributed by atoms with E-state index in [1.807, 2.05) is 0 Å². The van der Waals surface area contributed by atoms with Gasteiger partial charge in [0.25, 0.3) is 0 Å². The molecule has 0 unspecified atom stereocenters. The van der Waals surface area contributed by atoms with Crippen LogP contribution in [-0.4, -0.2) is 34.3 Å². The van der Waals surface area contributed by atoms with E-state index >= 15 is 0 Å². The highest BCUT2D eigenvalue weighted by atomic mass is 19.4. The fourth-order valence-electron chi connectivity index (χ4n) is 4.36. The van der Waals surface area contributed by atoms with Crippen LogP contribution in [0.15, 0.2) is 36.5 Å². The number of rotatable bonds is 4. The van der Waals surface area contributed by atoms with Gasteiger partial charge in [-0.25, -0.2) is 4.98 Å². The number of anilines is 1. The van der Waals surface area contributed by atoms with Crippen LogP contribution >= 0.6 is 0 Å². The lowest BCUT2D eigenvalue weighted by molar-refractivity contribution is -0.137. The van der Waals surface area contributed by atoms with Gasteiger partial charge in [-0.2, -0.15) is 22.8 Å². The number of nitrogens with zero attached hydrogens (tertiary/aromatic N) is 2. The zero-order valence-electron chi connectivity index (χ0n) is 16.0. The van der Waals surface area contributed by atoms with Crippen LogP contribution < -0.4 is 5.32 Å². The molecule has 4 atom stereocenters. The molecule has 1 aromatic carbocycles. The average molecular weight is 435 g/mol. The van der Waals surface area contributed by atoms with Crippen molar-refractivity contribution >= 4 is 11.6 Å². The molecule has 2 N–H and O–H groups in total. The third-order valence-corrected chi connectivity index (χ3v) is 5.82. The molecule has 2 aromatic rings. The summed E-state index contributed by atoms with van der Waals surface area (Å²) in [7, 11) is 0. The van der Waals surface area contributed by atoms with E-state index in [1.54, 1.807) is 12.1 Å². The van der Waals surface area contributed by atoms with Gasteiger partial charge in [-0.3, -0.25) is 4.79 Å². The quantitative estimate of drug-likeness (QED) is 0.568. The Kier molecular flexibility index (Phi) is 5.19. The molecule has 2 fully saturated rings. The van der Waals surface area contributed by atoms with Crippen LogP contribution in [0.2, 0.25) is 0 Å². The maximum atomic E-state index is 13.6. The standard InChI is InChI=1S/C21H17F4N3O3/c22-18-5-11(1-2-27-18)8-20(9-16-15(29)7-17(20)31-16)19(30)28-14-4-12(10-26)3-13(6-14)21(23,24)25/h1-6,15-17,29H,7-9H2,(H,28,30)/t15-,16+,17+,20-/m0/s1. The molecule has 2 aliphatic rings. The molecular weight excluding hydrogens is 418 g/mol. The molecule has 162 valence electrons. The highest BCUT2D eigenvalue weighted by Gasteiger charge is 2.60. The van der Waals surface area contributed by atoms with Crippen LogP contribution in [0.5, 0.6) is 0 Å². The van der Waals surface area contributed by atoms with Gasteiger partial charge in [-0.05, 0) is 48.7 Å². The first-order valence-corrected chi connectivity index (χ1v) is 9.48. The second-order valence-corrected chi connectivity index (χ2v) is 7.85. The number of pyridine rings is 1. The maximum Gasteiger partial charge on any atom is 0.416 e. The highest BCUT2D eigenvalue weighted by molar-refractivity contribution is 5.96. The maximum absolute atomic E-state index is 13.6. The summed E-state index contributed by atoms with van der Waals surface area (Å²) in [6, 6.07) is 6.97. The van der Waals surface area contributed by atoms with Crippen LogP contribution in [-0.2, 0) is 22.1 Å². The number of fused-ring (bicyclic) bond motifs is 2. The molecule has 3 heterocycles. The Labute approximate surface area is 174 Å². The Bertz CT molecular complexity index is 1070. The second-order valence-electron chi connectivity index (χ2n) is 7.85. The summed E-state index contributed by atoms with van der Waals surface area (Å²) in [5.41, 5.74) is -2.25. The topological polar surface area (TPSA) is 95.2 Å². The van der Waals surface area contributed by atoms with E-state index in [9.17, 15) is 27.5 Å². The zero-order valence-corrected chi connectivity index (χ0v) is 16.0. The predicted molar refractivity (Wildman–Crippen MR) is 99.0 cm³/mol. The molecule has 6 nitrogen and oxygen atoms in total. The predicted octanol–water partition coefficient (Wildman–Crippen LogP) is 3.20. The minimum absolute atomic E-state index is 0.0518. The van der Waals surface area contributed by atoms with Crippen molar-refractivity contribution < 1.29 is 32.2 Å². The fourth-order valence-corrected chi connectivity index (χ4v) is 4.36. The Hall–Kier alpha value is -3.03. The lowest BCUT2D eigenvalue weighted by atomic mass is 9.68. The number of ether oxygens (including phenoxy) is 1. The summed E-state index contributed by atoms with van der Waals surface area (Å²) in [6.07, 6.45) is -5.13. The molecule has 10 heteroatoms. The zero-order chi connectivity index (χ0) is 22.4. The van der Waals surface area contributed by atoms with Crippen LogP contribution in [0.3, 0.4) is 0 Å². The number of nitrogens with one attached hydrogen (secondary N) is 1. The van der Waals surface area contributed by atoms with Crippen molar-refractivity contribution in [1.82, 2.24) is 4.98 Å². The number of aliphatic hydroxyl groups excluding tert-OH is 1.